The van der Waals surface area contributed by atoms with E-state index >= 15 is 0 Å². The van der Waals surface area contributed by atoms with Crippen LogP contribution in [0.1, 0.15) is 44.6 Å². The number of aryl methyl sites for hydroxylation is 1. The molecule has 2 aromatic rings. The molecule has 0 unspecified atom stereocenters. The highest BCUT2D eigenvalue weighted by Crippen LogP contribution is 2.10. The first-order valence-corrected chi connectivity index (χ1v) is 8.49. The van der Waals surface area contributed by atoms with Crippen molar-refractivity contribution in [2.24, 2.45) is 4.99 Å². The van der Waals surface area contributed by atoms with Gasteiger partial charge in [0.05, 0.1) is 6.54 Å². The summed E-state index contributed by atoms with van der Waals surface area (Å²) in [4.78, 5) is 8.97. The van der Waals surface area contributed by atoms with Gasteiger partial charge in [-0.05, 0) is 45.7 Å². The number of aliphatic imine (C=N–C) groups is 1. The van der Waals surface area contributed by atoms with E-state index in [1.807, 2.05) is 19.3 Å². The molecule has 130 valence electrons. The lowest BCUT2D eigenvalue weighted by atomic mass is 10.1. The van der Waals surface area contributed by atoms with Crippen molar-refractivity contribution in [1.82, 2.24) is 20.2 Å². The van der Waals surface area contributed by atoms with E-state index in [9.17, 15) is 0 Å². The van der Waals surface area contributed by atoms with Crippen LogP contribution < -0.4 is 10.6 Å². The zero-order chi connectivity index (χ0) is 17.6. The number of hydrogen-bond acceptors (Lipinski definition) is 2. The van der Waals surface area contributed by atoms with Crippen LogP contribution in [0.5, 0.6) is 0 Å². The summed E-state index contributed by atoms with van der Waals surface area (Å²) in [6.07, 6.45) is 3.85. The summed E-state index contributed by atoms with van der Waals surface area (Å²) < 4.78 is 2.15. The Morgan fingerprint density at radius 3 is 2.62 bits per heavy atom. The van der Waals surface area contributed by atoms with Gasteiger partial charge in [-0.1, -0.05) is 24.3 Å². The Balaban J connectivity index is 2.07. The number of imidazole rings is 1. The third-order valence-corrected chi connectivity index (χ3v) is 3.53. The van der Waals surface area contributed by atoms with E-state index in [4.69, 9.17) is 4.99 Å². The molecule has 0 radical (unpaired) electrons. The van der Waals surface area contributed by atoms with Crippen molar-refractivity contribution >= 4 is 5.96 Å². The van der Waals surface area contributed by atoms with Crippen LogP contribution in [-0.2, 0) is 13.1 Å². The van der Waals surface area contributed by atoms with Crippen molar-refractivity contribution in [3.05, 3.63) is 53.6 Å². The number of benzene rings is 1. The topological polar surface area (TPSA) is 54.2 Å². The van der Waals surface area contributed by atoms with Gasteiger partial charge in [0.25, 0.3) is 0 Å². The smallest absolute Gasteiger partial charge is 0.191 e. The van der Waals surface area contributed by atoms with E-state index in [0.29, 0.717) is 6.54 Å². The fourth-order valence-electron chi connectivity index (χ4n) is 2.43. The van der Waals surface area contributed by atoms with E-state index in [-0.39, 0.29) is 5.54 Å². The second kappa shape index (κ2) is 7.99. The predicted molar refractivity (Wildman–Crippen MR) is 100 cm³/mol. The Morgan fingerprint density at radius 1 is 1.25 bits per heavy atom. The summed E-state index contributed by atoms with van der Waals surface area (Å²) in [6, 6.07) is 8.57. The van der Waals surface area contributed by atoms with Crippen molar-refractivity contribution in [2.75, 3.05) is 6.54 Å². The van der Waals surface area contributed by atoms with Crippen molar-refractivity contribution in [1.29, 1.82) is 0 Å². The van der Waals surface area contributed by atoms with Gasteiger partial charge in [-0.15, -0.1) is 0 Å². The lowest BCUT2D eigenvalue weighted by molar-refractivity contribution is 0.501. The second-order valence-electron chi connectivity index (χ2n) is 6.99. The van der Waals surface area contributed by atoms with Crippen molar-refractivity contribution in [3.8, 4) is 0 Å². The third-order valence-electron chi connectivity index (χ3n) is 3.53. The number of nitrogens with one attached hydrogen (secondary N) is 2. The van der Waals surface area contributed by atoms with Gasteiger partial charge in [-0.25, -0.2) is 9.98 Å². The van der Waals surface area contributed by atoms with Crippen LogP contribution in [0, 0.1) is 6.92 Å². The summed E-state index contributed by atoms with van der Waals surface area (Å²) >= 11 is 0. The first-order chi connectivity index (χ1) is 11.4. The molecule has 1 heterocycles. The molecule has 0 spiro atoms. The highest BCUT2D eigenvalue weighted by Gasteiger charge is 2.11. The molecule has 5 heteroatoms. The van der Waals surface area contributed by atoms with Crippen LogP contribution in [0.15, 0.2) is 41.7 Å². The van der Waals surface area contributed by atoms with Gasteiger partial charge in [0.2, 0.25) is 0 Å². The minimum atomic E-state index is -0.0121. The number of guanidine groups is 1. The van der Waals surface area contributed by atoms with E-state index in [2.05, 4.69) is 72.1 Å². The molecule has 0 aliphatic rings. The number of aromatic nitrogens is 2. The Bertz CT molecular complexity index is 679. The zero-order valence-corrected chi connectivity index (χ0v) is 15.4. The Kier molecular flexibility index (Phi) is 6.01. The first-order valence-electron chi connectivity index (χ1n) is 8.49. The molecule has 0 bridgehead atoms. The minimum Gasteiger partial charge on any atom is -0.357 e. The molecule has 0 aliphatic carbocycles. The van der Waals surface area contributed by atoms with Gasteiger partial charge in [0, 0.05) is 31.0 Å². The zero-order valence-electron chi connectivity index (χ0n) is 15.4. The standard InChI is InChI=1S/C19H29N5/c1-6-20-18(23-19(3,4)5)22-13-16-8-7-9-17(12-16)14-24-11-10-21-15(24)2/h7-12H,6,13-14H2,1-5H3,(H2,20,22,23). The molecule has 0 fully saturated rings. The third kappa shape index (κ3) is 5.72. The molecule has 0 saturated carbocycles. The lowest BCUT2D eigenvalue weighted by Gasteiger charge is -2.23. The Morgan fingerprint density at radius 2 is 2.00 bits per heavy atom. The molecule has 2 N–H and O–H groups in total. The fraction of sp³-hybridized carbons (Fsp3) is 0.474. The average molecular weight is 327 g/mol. The summed E-state index contributed by atoms with van der Waals surface area (Å²) in [5.74, 6) is 1.88. The number of rotatable bonds is 5. The number of nitrogens with zero attached hydrogens (tertiary/aromatic N) is 3. The Hall–Kier alpha value is -2.30. The molecule has 2 rings (SSSR count). The molecule has 0 aliphatic heterocycles. The molecule has 0 saturated heterocycles. The van der Waals surface area contributed by atoms with E-state index in [1.165, 1.54) is 11.1 Å². The van der Waals surface area contributed by atoms with Crippen LogP contribution in [0.3, 0.4) is 0 Å². The summed E-state index contributed by atoms with van der Waals surface area (Å²) in [5.41, 5.74) is 2.45. The lowest BCUT2D eigenvalue weighted by Crippen LogP contribution is -2.47. The maximum atomic E-state index is 4.70. The quantitative estimate of drug-likeness (QED) is 0.655. The maximum absolute atomic E-state index is 4.70. The number of hydrogen-bond donors (Lipinski definition) is 2. The van der Waals surface area contributed by atoms with Crippen molar-refractivity contribution < 1.29 is 0 Å². The molecule has 1 aromatic heterocycles. The van der Waals surface area contributed by atoms with Gasteiger partial charge in [0.1, 0.15) is 5.82 Å². The summed E-state index contributed by atoms with van der Waals surface area (Å²) in [5, 5.41) is 6.71. The van der Waals surface area contributed by atoms with Gasteiger partial charge < -0.3 is 15.2 Å². The van der Waals surface area contributed by atoms with Crippen LogP contribution >= 0.6 is 0 Å². The van der Waals surface area contributed by atoms with E-state index in [0.717, 1.165) is 24.9 Å². The summed E-state index contributed by atoms with van der Waals surface area (Å²) in [6.45, 7) is 12.8. The van der Waals surface area contributed by atoms with E-state index < -0.39 is 0 Å². The molecular formula is C19H29N5. The molecule has 5 nitrogen and oxygen atoms in total. The van der Waals surface area contributed by atoms with Crippen LogP contribution in [0.25, 0.3) is 0 Å². The normalized spacial score (nSPS) is 12.3. The first kappa shape index (κ1) is 18.0. The maximum Gasteiger partial charge on any atom is 0.191 e. The van der Waals surface area contributed by atoms with Crippen molar-refractivity contribution in [3.63, 3.8) is 0 Å². The van der Waals surface area contributed by atoms with Gasteiger partial charge in [-0.2, -0.15) is 0 Å². The average Bonchev–Trinajstić information content (AvgIpc) is 2.89. The minimum absolute atomic E-state index is 0.0121. The van der Waals surface area contributed by atoms with E-state index in [1.54, 1.807) is 0 Å². The highest BCUT2D eigenvalue weighted by molar-refractivity contribution is 5.80. The fourth-order valence-corrected chi connectivity index (χ4v) is 2.43. The molecule has 24 heavy (non-hydrogen) atoms. The molecule has 0 amide bonds. The van der Waals surface area contributed by atoms with Gasteiger partial charge in [0.15, 0.2) is 5.96 Å². The second-order valence-corrected chi connectivity index (χ2v) is 6.99. The molecule has 1 aromatic carbocycles. The van der Waals surface area contributed by atoms with Crippen LogP contribution in [0.2, 0.25) is 0 Å². The monoisotopic (exact) mass is 327 g/mol. The SMILES string of the molecule is CCNC(=NCc1cccc(Cn2ccnc2C)c1)NC(C)(C)C. The predicted octanol–water partition coefficient (Wildman–Crippen LogP) is 3.09. The van der Waals surface area contributed by atoms with Crippen LogP contribution in [-0.4, -0.2) is 27.6 Å². The molecular weight excluding hydrogens is 298 g/mol. The highest BCUT2D eigenvalue weighted by atomic mass is 15.2. The molecule has 0 atom stereocenters. The largest absolute Gasteiger partial charge is 0.357 e. The van der Waals surface area contributed by atoms with Gasteiger partial charge in [-0.3, -0.25) is 0 Å². The Labute approximate surface area is 145 Å². The van der Waals surface area contributed by atoms with Gasteiger partial charge >= 0.3 is 0 Å². The van der Waals surface area contributed by atoms with Crippen molar-refractivity contribution in [2.45, 2.75) is 53.2 Å². The summed E-state index contributed by atoms with van der Waals surface area (Å²) in [7, 11) is 0. The van der Waals surface area contributed by atoms with Crippen LogP contribution in [0.4, 0.5) is 0 Å².